The molecule has 0 saturated carbocycles. The van der Waals surface area contributed by atoms with Crippen molar-refractivity contribution < 1.29 is 28.5 Å². The first kappa shape index (κ1) is 33.6. The molecule has 1 aromatic heterocycles. The van der Waals surface area contributed by atoms with Crippen LogP contribution in [-0.4, -0.2) is 38.0 Å². The zero-order valence-electron chi connectivity index (χ0n) is 25.3. The maximum absolute atomic E-state index is 14.0. The fourth-order valence-corrected chi connectivity index (χ4v) is 6.75. The molecule has 0 fully saturated rings. The lowest BCUT2D eigenvalue weighted by atomic mass is 9.97. The van der Waals surface area contributed by atoms with E-state index in [9.17, 15) is 9.59 Å². The first-order valence-electron chi connectivity index (χ1n) is 14.1. The number of halogens is 3. The van der Waals surface area contributed by atoms with Crippen molar-refractivity contribution in [3.63, 3.8) is 0 Å². The van der Waals surface area contributed by atoms with Gasteiger partial charge in [-0.1, -0.05) is 46.7 Å². The molecule has 5 rings (SSSR count). The van der Waals surface area contributed by atoms with E-state index < -0.39 is 12.0 Å². The van der Waals surface area contributed by atoms with Crippen molar-refractivity contribution >= 4 is 62.5 Å². The van der Waals surface area contributed by atoms with Crippen molar-refractivity contribution in [1.29, 1.82) is 0 Å². The van der Waals surface area contributed by atoms with Gasteiger partial charge in [-0.2, -0.15) is 0 Å². The number of nitrogens with zero attached hydrogens (tertiary/aromatic N) is 2. The van der Waals surface area contributed by atoms with Crippen molar-refractivity contribution in [2.45, 2.75) is 26.5 Å². The normalized spacial score (nSPS) is 14.2. The largest absolute Gasteiger partial charge is 0.493 e. The lowest BCUT2D eigenvalue weighted by Gasteiger charge is -2.23. The van der Waals surface area contributed by atoms with Gasteiger partial charge in [0.2, 0.25) is 0 Å². The Morgan fingerprint density at radius 2 is 1.74 bits per heavy atom. The van der Waals surface area contributed by atoms with E-state index in [1.807, 2.05) is 26.0 Å². The molecular weight excluding hydrogens is 719 g/mol. The van der Waals surface area contributed by atoms with Crippen molar-refractivity contribution in [3.05, 3.63) is 111 Å². The smallest absolute Gasteiger partial charge is 0.337 e. The van der Waals surface area contributed by atoms with E-state index in [0.717, 1.165) is 5.56 Å². The van der Waals surface area contributed by atoms with E-state index in [-0.39, 0.29) is 17.7 Å². The van der Waals surface area contributed by atoms with Crippen LogP contribution in [0.4, 0.5) is 0 Å². The molecule has 0 radical (unpaired) electrons. The van der Waals surface area contributed by atoms with E-state index in [4.69, 9.17) is 46.9 Å². The van der Waals surface area contributed by atoms with Crippen LogP contribution in [0, 0.1) is 0 Å². The van der Waals surface area contributed by atoms with Gasteiger partial charge in [0.15, 0.2) is 27.8 Å². The topological polar surface area (TPSA) is 97.6 Å². The molecule has 46 heavy (non-hydrogen) atoms. The Balaban J connectivity index is 1.55. The van der Waals surface area contributed by atoms with Gasteiger partial charge in [0.1, 0.15) is 6.61 Å². The third kappa shape index (κ3) is 6.97. The summed E-state index contributed by atoms with van der Waals surface area (Å²) in [6, 6.07) is 13.4. The maximum Gasteiger partial charge on any atom is 0.337 e. The standard InChI is InChI=1S/C33H29BrCl2N2O7S/c1-5-43-25-10-8-20(15-26(25)44-6-2)29-21(32(40)42-4)16-37-33-38(29)31(39)28(46-33)14-19-11-22(34)30(27(13-19)41-3)45-17-18-7-9-23(35)24(36)12-18/h7-16,29H,5-6,17H2,1-4H3/b28-14-/t29-/m1/s1. The van der Waals surface area contributed by atoms with Crippen molar-refractivity contribution in [1.82, 2.24) is 4.57 Å². The zero-order chi connectivity index (χ0) is 33.0. The van der Waals surface area contributed by atoms with Crippen LogP contribution in [0.2, 0.25) is 10.0 Å². The summed E-state index contributed by atoms with van der Waals surface area (Å²) in [6.45, 7) is 4.83. The fraction of sp³-hybridized carbons (Fsp3) is 0.242. The number of hydrogen-bond donors (Lipinski definition) is 0. The third-order valence-corrected chi connectivity index (χ3v) is 9.25. The molecule has 0 spiro atoms. The summed E-state index contributed by atoms with van der Waals surface area (Å²) >= 11 is 17.0. The number of benzene rings is 3. The molecule has 0 N–H and O–H groups in total. The molecule has 240 valence electrons. The number of aromatic nitrogens is 1. The number of rotatable bonds is 11. The van der Waals surface area contributed by atoms with Crippen molar-refractivity contribution in [2.75, 3.05) is 27.4 Å². The molecule has 13 heteroatoms. The first-order chi connectivity index (χ1) is 22.2. The summed E-state index contributed by atoms with van der Waals surface area (Å²) in [7, 11) is 2.82. The Bertz CT molecular complexity index is 2010. The maximum atomic E-state index is 14.0. The number of esters is 1. The second-order valence-corrected chi connectivity index (χ2v) is 12.5. The van der Waals surface area contributed by atoms with Crippen LogP contribution in [0.5, 0.6) is 23.0 Å². The van der Waals surface area contributed by atoms with E-state index in [1.165, 1.54) is 36.3 Å². The van der Waals surface area contributed by atoms with Crippen LogP contribution < -0.4 is 33.8 Å². The van der Waals surface area contributed by atoms with Gasteiger partial charge in [-0.25, -0.2) is 9.79 Å². The molecule has 0 unspecified atom stereocenters. The molecule has 0 amide bonds. The van der Waals surface area contributed by atoms with Gasteiger partial charge in [0.05, 0.1) is 58.1 Å². The summed E-state index contributed by atoms with van der Waals surface area (Å²) in [5.74, 6) is 1.41. The van der Waals surface area contributed by atoms with Gasteiger partial charge in [0, 0.05) is 6.20 Å². The van der Waals surface area contributed by atoms with E-state index in [1.54, 1.807) is 42.5 Å². The molecule has 0 aliphatic carbocycles. The van der Waals surface area contributed by atoms with Crippen LogP contribution >= 0.6 is 50.5 Å². The van der Waals surface area contributed by atoms with Crippen LogP contribution in [0.1, 0.15) is 36.6 Å². The van der Waals surface area contributed by atoms with Crippen LogP contribution in [-0.2, 0) is 16.1 Å². The number of ether oxygens (including phenoxy) is 5. The molecule has 2 heterocycles. The fourth-order valence-electron chi connectivity index (χ4n) is 4.89. The molecule has 0 bridgehead atoms. The molecule has 0 saturated heterocycles. The SMILES string of the molecule is CCOc1ccc([C@@H]2C(C(=O)OC)=CN=c3s/c(=C\c4cc(Br)c(OCc5ccc(Cl)c(Cl)c5)c(OC)c4)c(=O)n32)cc1OCC. The Morgan fingerprint density at radius 3 is 2.43 bits per heavy atom. The summed E-state index contributed by atoms with van der Waals surface area (Å²) < 4.78 is 30.8. The molecule has 1 atom stereocenters. The zero-order valence-corrected chi connectivity index (χ0v) is 29.2. The second kappa shape index (κ2) is 14.8. The number of methoxy groups -OCH3 is 2. The number of hydrogen-bond acceptors (Lipinski definition) is 9. The molecule has 9 nitrogen and oxygen atoms in total. The van der Waals surface area contributed by atoms with Crippen molar-refractivity contribution in [3.8, 4) is 23.0 Å². The van der Waals surface area contributed by atoms with Gasteiger partial charge in [-0.15, -0.1) is 0 Å². The molecule has 1 aliphatic rings. The Kier molecular flexibility index (Phi) is 10.8. The van der Waals surface area contributed by atoms with Gasteiger partial charge >= 0.3 is 5.97 Å². The number of carbonyl (C=O) groups is 1. The highest BCUT2D eigenvalue weighted by Gasteiger charge is 2.31. The third-order valence-electron chi connectivity index (χ3n) is 6.92. The summed E-state index contributed by atoms with van der Waals surface area (Å²) in [5.41, 5.74) is 2.03. The minimum Gasteiger partial charge on any atom is -0.493 e. The second-order valence-electron chi connectivity index (χ2n) is 9.82. The monoisotopic (exact) mass is 746 g/mol. The molecule has 1 aliphatic heterocycles. The number of fused-ring (bicyclic) bond motifs is 1. The van der Waals surface area contributed by atoms with E-state index in [2.05, 4.69) is 20.9 Å². The predicted molar refractivity (Wildman–Crippen MR) is 181 cm³/mol. The summed E-state index contributed by atoms with van der Waals surface area (Å²) in [5, 5.41) is 0.894. The average molecular weight is 748 g/mol. The van der Waals surface area contributed by atoms with Gasteiger partial charge in [0.25, 0.3) is 5.56 Å². The highest BCUT2D eigenvalue weighted by molar-refractivity contribution is 9.10. The summed E-state index contributed by atoms with van der Waals surface area (Å²) in [4.78, 5) is 31.8. The van der Waals surface area contributed by atoms with Gasteiger partial charge < -0.3 is 23.7 Å². The van der Waals surface area contributed by atoms with Crippen LogP contribution in [0.15, 0.2) is 74.6 Å². The Labute approximate surface area is 287 Å². The Hall–Kier alpha value is -3.77. The van der Waals surface area contributed by atoms with Crippen LogP contribution in [0.3, 0.4) is 0 Å². The Morgan fingerprint density at radius 1 is 0.978 bits per heavy atom. The first-order valence-corrected chi connectivity index (χ1v) is 16.5. The van der Waals surface area contributed by atoms with Crippen molar-refractivity contribution in [2.24, 2.45) is 4.99 Å². The quantitative estimate of drug-likeness (QED) is 0.162. The lowest BCUT2D eigenvalue weighted by Crippen LogP contribution is -2.39. The summed E-state index contributed by atoms with van der Waals surface area (Å²) in [6.07, 6.45) is 3.19. The minimum absolute atomic E-state index is 0.209. The molecule has 3 aromatic carbocycles. The average Bonchev–Trinajstić information content (AvgIpc) is 3.36. The number of carbonyl (C=O) groups excluding carboxylic acids is 1. The van der Waals surface area contributed by atoms with Crippen LogP contribution in [0.25, 0.3) is 6.08 Å². The number of thiazole rings is 1. The van der Waals surface area contributed by atoms with E-state index in [0.29, 0.717) is 71.2 Å². The van der Waals surface area contributed by atoms with Gasteiger partial charge in [-0.3, -0.25) is 9.36 Å². The highest BCUT2D eigenvalue weighted by Crippen LogP contribution is 2.38. The molecule has 4 aromatic rings. The molecular formula is C33H29BrCl2N2O7S. The lowest BCUT2D eigenvalue weighted by molar-refractivity contribution is -0.136. The van der Waals surface area contributed by atoms with E-state index >= 15 is 0 Å². The highest BCUT2D eigenvalue weighted by atomic mass is 79.9. The predicted octanol–water partition coefficient (Wildman–Crippen LogP) is 6.47. The minimum atomic E-state index is -0.806. The van der Waals surface area contributed by atoms with Gasteiger partial charge in [-0.05, 0) is 88.9 Å².